The van der Waals surface area contributed by atoms with Crippen molar-refractivity contribution in [2.24, 2.45) is 0 Å². The largest absolute Gasteiger partial charge is 0.380 e. The monoisotopic (exact) mass is 424 g/mol. The van der Waals surface area contributed by atoms with E-state index in [1.54, 1.807) is 38.3 Å². The smallest absolute Gasteiger partial charge is 0.232 e. The zero-order valence-corrected chi connectivity index (χ0v) is 17.8. The molecule has 6 nitrogen and oxygen atoms in total. The van der Waals surface area contributed by atoms with Crippen LogP contribution in [0.25, 0.3) is 0 Å². The minimum Gasteiger partial charge on any atom is -0.380 e. The molecule has 0 aliphatic rings. The van der Waals surface area contributed by atoms with Crippen molar-refractivity contribution in [2.45, 2.75) is 26.4 Å². The average Bonchev–Trinajstić information content (AvgIpc) is 2.59. The number of hydrogen-bond acceptors (Lipinski definition) is 4. The Kier molecular flexibility index (Phi) is 7.86. The van der Waals surface area contributed by atoms with Crippen LogP contribution in [-0.2, 0) is 26.2 Å². The highest BCUT2D eigenvalue weighted by Crippen LogP contribution is 2.26. The summed E-state index contributed by atoms with van der Waals surface area (Å²) in [5, 5.41) is 3.38. The van der Waals surface area contributed by atoms with Gasteiger partial charge in [0, 0.05) is 30.8 Å². The van der Waals surface area contributed by atoms with Crippen molar-refractivity contribution in [3.05, 3.63) is 58.6 Å². The molecule has 0 aromatic heterocycles. The molecule has 1 amide bonds. The number of anilines is 2. The summed E-state index contributed by atoms with van der Waals surface area (Å²) in [7, 11) is -1.87. The highest BCUT2D eigenvalue weighted by atomic mass is 35.5. The molecule has 28 heavy (non-hydrogen) atoms. The highest BCUT2D eigenvalue weighted by molar-refractivity contribution is 7.92. The number of amides is 1. The molecule has 0 saturated heterocycles. The molecule has 8 heteroatoms. The normalized spacial score (nSPS) is 11.3. The number of ether oxygens (including phenoxy) is 1. The first-order valence-electron chi connectivity index (χ1n) is 8.82. The van der Waals surface area contributed by atoms with Gasteiger partial charge in [0.15, 0.2) is 0 Å². The first-order valence-corrected chi connectivity index (χ1v) is 11.0. The molecule has 2 aromatic carbocycles. The first-order chi connectivity index (χ1) is 13.2. The molecule has 2 aromatic rings. The van der Waals surface area contributed by atoms with Gasteiger partial charge in [0.2, 0.25) is 15.9 Å². The van der Waals surface area contributed by atoms with Gasteiger partial charge in [-0.15, -0.1) is 0 Å². The van der Waals surface area contributed by atoms with Crippen molar-refractivity contribution in [2.75, 3.05) is 29.5 Å². The van der Waals surface area contributed by atoms with Gasteiger partial charge in [-0.3, -0.25) is 9.10 Å². The van der Waals surface area contributed by atoms with Gasteiger partial charge in [0.25, 0.3) is 0 Å². The van der Waals surface area contributed by atoms with E-state index < -0.39 is 10.0 Å². The van der Waals surface area contributed by atoms with Crippen LogP contribution in [0, 0.1) is 6.92 Å². The summed E-state index contributed by atoms with van der Waals surface area (Å²) in [5.74, 6) is -0.171. The van der Waals surface area contributed by atoms with E-state index in [2.05, 4.69) is 5.32 Å². The third-order valence-electron chi connectivity index (χ3n) is 4.11. The summed E-state index contributed by atoms with van der Waals surface area (Å²) in [6.45, 7) is 2.48. The number of nitrogens with zero attached hydrogens (tertiary/aromatic N) is 1. The van der Waals surface area contributed by atoms with Crippen LogP contribution in [0.5, 0.6) is 0 Å². The molecule has 2 rings (SSSR count). The Labute approximate surface area is 171 Å². The molecule has 0 aliphatic heterocycles. The average molecular weight is 425 g/mol. The summed E-state index contributed by atoms with van der Waals surface area (Å²) in [6, 6.07) is 12.5. The predicted molar refractivity (Wildman–Crippen MR) is 113 cm³/mol. The maximum Gasteiger partial charge on any atom is 0.232 e. The quantitative estimate of drug-likeness (QED) is 0.660. The fraction of sp³-hybridized carbons (Fsp3) is 0.350. The van der Waals surface area contributed by atoms with Crippen molar-refractivity contribution in [3.8, 4) is 0 Å². The van der Waals surface area contributed by atoms with E-state index in [4.69, 9.17) is 16.3 Å². The summed E-state index contributed by atoms with van der Waals surface area (Å²) in [4.78, 5) is 12.2. The third kappa shape index (κ3) is 6.51. The Balaban J connectivity index is 1.98. The number of aryl methyl sites for hydroxylation is 1. The standard InChI is InChI=1S/C20H25ClN2O4S/c1-15-12-17(21)9-10-19(15)23(28(3,25)26)11-5-8-20(24)22-18-7-4-6-16(13-18)14-27-2/h4,6-7,9-10,12-13H,5,8,11,14H2,1-3H3,(H,22,24). The second-order valence-corrected chi connectivity index (χ2v) is 8.89. The number of hydrogen-bond donors (Lipinski definition) is 1. The molecule has 0 unspecified atom stereocenters. The fourth-order valence-corrected chi connectivity index (χ4v) is 4.13. The van der Waals surface area contributed by atoms with Crippen molar-refractivity contribution in [1.82, 2.24) is 0 Å². The molecule has 0 radical (unpaired) electrons. The number of sulfonamides is 1. The molecule has 0 spiro atoms. The Hall–Kier alpha value is -2.09. The van der Waals surface area contributed by atoms with Gasteiger partial charge in [0.05, 0.1) is 18.6 Å². The molecule has 0 fully saturated rings. The van der Waals surface area contributed by atoms with Gasteiger partial charge in [-0.2, -0.15) is 0 Å². The molecular weight excluding hydrogens is 400 g/mol. The van der Waals surface area contributed by atoms with E-state index in [0.717, 1.165) is 17.4 Å². The number of halogens is 1. The number of carbonyl (C=O) groups excluding carboxylic acids is 1. The lowest BCUT2D eigenvalue weighted by Gasteiger charge is -2.24. The molecule has 1 N–H and O–H groups in total. The Morgan fingerprint density at radius 1 is 1.21 bits per heavy atom. The van der Waals surface area contributed by atoms with Crippen molar-refractivity contribution in [1.29, 1.82) is 0 Å². The van der Waals surface area contributed by atoms with Crippen LogP contribution < -0.4 is 9.62 Å². The lowest BCUT2D eigenvalue weighted by atomic mass is 10.2. The van der Waals surface area contributed by atoms with Crippen LogP contribution in [-0.4, -0.2) is 34.2 Å². The van der Waals surface area contributed by atoms with Crippen LogP contribution in [0.1, 0.15) is 24.0 Å². The number of methoxy groups -OCH3 is 1. The summed E-state index contributed by atoms with van der Waals surface area (Å²) >= 11 is 5.96. The summed E-state index contributed by atoms with van der Waals surface area (Å²) in [5.41, 5.74) is 2.98. The lowest BCUT2D eigenvalue weighted by Crippen LogP contribution is -2.32. The van der Waals surface area contributed by atoms with Gasteiger partial charge >= 0.3 is 0 Å². The van der Waals surface area contributed by atoms with Gasteiger partial charge < -0.3 is 10.1 Å². The second kappa shape index (κ2) is 9.91. The van der Waals surface area contributed by atoms with E-state index in [1.807, 2.05) is 18.2 Å². The van der Waals surface area contributed by atoms with E-state index in [0.29, 0.717) is 29.4 Å². The third-order valence-corrected chi connectivity index (χ3v) is 5.53. The lowest BCUT2D eigenvalue weighted by molar-refractivity contribution is -0.116. The van der Waals surface area contributed by atoms with E-state index in [9.17, 15) is 13.2 Å². The molecule has 152 valence electrons. The van der Waals surface area contributed by atoms with Gasteiger partial charge in [-0.25, -0.2) is 8.42 Å². The highest BCUT2D eigenvalue weighted by Gasteiger charge is 2.19. The van der Waals surface area contributed by atoms with Crippen LogP contribution in [0.4, 0.5) is 11.4 Å². The maximum absolute atomic E-state index is 12.2. The number of nitrogens with one attached hydrogen (secondary N) is 1. The molecule has 0 atom stereocenters. The van der Waals surface area contributed by atoms with Crippen LogP contribution >= 0.6 is 11.6 Å². The molecule has 0 saturated carbocycles. The Morgan fingerprint density at radius 3 is 2.61 bits per heavy atom. The topological polar surface area (TPSA) is 75.7 Å². The van der Waals surface area contributed by atoms with E-state index >= 15 is 0 Å². The first kappa shape index (κ1) is 22.2. The zero-order chi connectivity index (χ0) is 20.7. The van der Waals surface area contributed by atoms with Crippen molar-refractivity contribution >= 4 is 38.9 Å². The number of rotatable bonds is 9. The van der Waals surface area contributed by atoms with Gasteiger partial charge in [-0.1, -0.05) is 23.7 Å². The van der Waals surface area contributed by atoms with Gasteiger partial charge in [-0.05, 0) is 54.8 Å². The number of carbonyl (C=O) groups is 1. The van der Waals surface area contributed by atoms with E-state index in [-0.39, 0.29) is 18.9 Å². The summed E-state index contributed by atoms with van der Waals surface area (Å²) < 4.78 is 30.8. The second-order valence-electron chi connectivity index (χ2n) is 6.55. The van der Waals surface area contributed by atoms with Crippen molar-refractivity contribution < 1.29 is 17.9 Å². The molecular formula is C20H25ClN2O4S. The van der Waals surface area contributed by atoms with Crippen LogP contribution in [0.2, 0.25) is 5.02 Å². The Bertz CT molecular complexity index is 932. The van der Waals surface area contributed by atoms with E-state index in [1.165, 1.54) is 4.31 Å². The van der Waals surface area contributed by atoms with Crippen molar-refractivity contribution in [3.63, 3.8) is 0 Å². The minimum atomic E-state index is -3.48. The molecule has 0 heterocycles. The minimum absolute atomic E-state index is 0.171. The maximum atomic E-state index is 12.2. The van der Waals surface area contributed by atoms with Crippen LogP contribution in [0.3, 0.4) is 0 Å². The predicted octanol–water partition coefficient (Wildman–Crippen LogP) is 3.98. The fourth-order valence-electron chi connectivity index (χ4n) is 2.88. The van der Waals surface area contributed by atoms with Crippen LogP contribution in [0.15, 0.2) is 42.5 Å². The Morgan fingerprint density at radius 2 is 1.96 bits per heavy atom. The molecule has 0 bridgehead atoms. The van der Waals surface area contributed by atoms with Gasteiger partial charge in [0.1, 0.15) is 0 Å². The SMILES string of the molecule is COCc1cccc(NC(=O)CCCN(c2ccc(Cl)cc2C)S(C)(=O)=O)c1. The number of benzene rings is 2. The zero-order valence-electron chi connectivity index (χ0n) is 16.2. The summed E-state index contributed by atoms with van der Waals surface area (Å²) in [6.07, 6.45) is 1.74. The molecule has 0 aliphatic carbocycles.